The Kier molecular flexibility index (Phi) is 11.4. The van der Waals surface area contributed by atoms with Crippen molar-refractivity contribution in [1.29, 1.82) is 0 Å². The smallest absolute Gasteiger partial charge is 0.261 e. The summed E-state index contributed by atoms with van der Waals surface area (Å²) >= 11 is 5.91. The van der Waals surface area contributed by atoms with E-state index in [1.54, 1.807) is 24.0 Å². The lowest BCUT2D eigenvalue weighted by atomic mass is 10.0. The molecule has 3 rings (SSSR count). The third kappa shape index (κ3) is 8.56. The molecular weight excluding hydrogens is 542 g/mol. The monoisotopic (exact) mass is 581 g/mol. The highest BCUT2D eigenvalue weighted by Crippen LogP contribution is 2.29. The van der Waals surface area contributed by atoms with Crippen molar-refractivity contribution < 1.29 is 27.8 Å². The molecule has 1 aliphatic heterocycles. The number of aliphatic hydroxyl groups excluding tert-OH is 1. The number of aliphatic hydroxyl groups is 1. The summed E-state index contributed by atoms with van der Waals surface area (Å²) in [4.78, 5) is 15.7. The van der Waals surface area contributed by atoms with E-state index in [0.717, 1.165) is 19.3 Å². The predicted molar refractivity (Wildman–Crippen MR) is 153 cm³/mol. The van der Waals surface area contributed by atoms with E-state index in [2.05, 4.69) is 10.0 Å². The quantitative estimate of drug-likeness (QED) is 0.449. The standard InChI is InChI=1S/C28H40ClN3O6S/c1-19-17-32(20(2)18-33)28(34)25-15-23(31-39(35,36)24-11-8-22(29)9-12-24)10-13-26(25)38-21(3)7-5-6-14-37-27(19)16-30-4/h8-13,15,19-21,27,30-31,33H,5-7,14,16-18H2,1-4H3/t19-,20-,21-,27+/m0/s1. The van der Waals surface area contributed by atoms with Crippen molar-refractivity contribution in [1.82, 2.24) is 10.2 Å². The SMILES string of the molecule is CNC[C@H]1OCCCC[C@H](C)Oc2ccc(NS(=O)(=O)c3ccc(Cl)cc3)cc2C(=O)N([C@@H](C)CO)C[C@@H]1C. The van der Waals surface area contributed by atoms with Crippen LogP contribution in [-0.2, 0) is 14.8 Å². The van der Waals surface area contributed by atoms with Gasteiger partial charge in [-0.1, -0.05) is 18.5 Å². The van der Waals surface area contributed by atoms with E-state index in [1.165, 1.54) is 30.3 Å². The van der Waals surface area contributed by atoms with E-state index in [1.807, 2.05) is 20.9 Å². The number of hydrogen-bond donors (Lipinski definition) is 3. The van der Waals surface area contributed by atoms with Gasteiger partial charge >= 0.3 is 0 Å². The van der Waals surface area contributed by atoms with Crippen molar-refractivity contribution >= 4 is 33.2 Å². The zero-order valence-electron chi connectivity index (χ0n) is 23.0. The minimum atomic E-state index is -3.93. The molecule has 0 aromatic heterocycles. The maximum Gasteiger partial charge on any atom is 0.261 e. The molecule has 0 fully saturated rings. The molecule has 4 atom stereocenters. The average molecular weight is 582 g/mol. The van der Waals surface area contributed by atoms with E-state index < -0.39 is 16.1 Å². The Bertz CT molecular complexity index is 1190. The molecule has 0 saturated heterocycles. The number of anilines is 1. The van der Waals surface area contributed by atoms with Gasteiger partial charge in [-0.2, -0.15) is 0 Å². The van der Waals surface area contributed by atoms with Crippen LogP contribution in [-0.4, -0.2) is 75.9 Å². The summed E-state index contributed by atoms with van der Waals surface area (Å²) in [5.41, 5.74) is 0.435. The number of rotatable bonds is 7. The lowest BCUT2D eigenvalue weighted by Gasteiger charge is -2.34. The largest absolute Gasteiger partial charge is 0.490 e. The van der Waals surface area contributed by atoms with Crippen LogP contribution in [0.25, 0.3) is 0 Å². The Morgan fingerprint density at radius 1 is 1.15 bits per heavy atom. The number of hydrogen-bond acceptors (Lipinski definition) is 7. The van der Waals surface area contributed by atoms with Gasteiger partial charge in [-0.15, -0.1) is 0 Å². The van der Waals surface area contributed by atoms with Crippen LogP contribution in [0.4, 0.5) is 5.69 Å². The van der Waals surface area contributed by atoms with Gasteiger partial charge in [-0.3, -0.25) is 9.52 Å². The number of sulfonamides is 1. The number of carbonyl (C=O) groups excluding carboxylic acids is 1. The van der Waals surface area contributed by atoms with Gasteiger partial charge in [0.05, 0.1) is 35.3 Å². The third-order valence-electron chi connectivity index (χ3n) is 6.83. The molecule has 9 nitrogen and oxygen atoms in total. The number of fused-ring (bicyclic) bond motifs is 1. The molecule has 216 valence electrons. The summed E-state index contributed by atoms with van der Waals surface area (Å²) in [7, 11) is -2.06. The van der Waals surface area contributed by atoms with Crippen LogP contribution in [0.5, 0.6) is 5.75 Å². The lowest BCUT2D eigenvalue weighted by Crippen LogP contribution is -2.47. The van der Waals surface area contributed by atoms with Crippen molar-refractivity contribution in [2.75, 3.05) is 38.1 Å². The van der Waals surface area contributed by atoms with Gasteiger partial charge < -0.3 is 24.8 Å². The summed E-state index contributed by atoms with van der Waals surface area (Å²) in [6, 6.07) is 10.0. The van der Waals surface area contributed by atoms with Crippen molar-refractivity contribution in [3.8, 4) is 5.75 Å². The molecule has 0 saturated carbocycles. The minimum absolute atomic E-state index is 0.0341. The first kappa shape index (κ1) is 31.2. The van der Waals surface area contributed by atoms with Crippen LogP contribution in [0.15, 0.2) is 47.4 Å². The highest BCUT2D eigenvalue weighted by molar-refractivity contribution is 7.92. The zero-order chi connectivity index (χ0) is 28.6. The molecule has 0 radical (unpaired) electrons. The van der Waals surface area contributed by atoms with E-state index in [4.69, 9.17) is 21.1 Å². The highest BCUT2D eigenvalue weighted by Gasteiger charge is 2.30. The van der Waals surface area contributed by atoms with Crippen LogP contribution in [0.2, 0.25) is 5.02 Å². The van der Waals surface area contributed by atoms with Crippen LogP contribution >= 0.6 is 11.6 Å². The van der Waals surface area contributed by atoms with Crippen LogP contribution in [0, 0.1) is 5.92 Å². The molecule has 0 unspecified atom stereocenters. The van der Waals surface area contributed by atoms with Crippen LogP contribution < -0.4 is 14.8 Å². The average Bonchev–Trinajstić information content (AvgIpc) is 2.90. The number of nitrogens with zero attached hydrogens (tertiary/aromatic N) is 1. The second-order valence-electron chi connectivity index (χ2n) is 10.1. The zero-order valence-corrected chi connectivity index (χ0v) is 24.6. The molecule has 3 N–H and O–H groups in total. The number of carbonyl (C=O) groups is 1. The number of benzene rings is 2. The minimum Gasteiger partial charge on any atom is -0.490 e. The molecule has 0 spiro atoms. The van der Waals surface area contributed by atoms with Crippen LogP contribution in [0.3, 0.4) is 0 Å². The topological polar surface area (TPSA) is 117 Å². The predicted octanol–water partition coefficient (Wildman–Crippen LogP) is 4.16. The molecular formula is C28H40ClN3O6S. The van der Waals surface area contributed by atoms with Crippen molar-refractivity contribution in [3.63, 3.8) is 0 Å². The first-order chi connectivity index (χ1) is 18.6. The molecule has 39 heavy (non-hydrogen) atoms. The number of ether oxygens (including phenoxy) is 2. The molecule has 1 aliphatic rings. The summed E-state index contributed by atoms with van der Waals surface area (Å²) in [5, 5.41) is 13.6. The van der Waals surface area contributed by atoms with Gasteiger partial charge in [0.2, 0.25) is 0 Å². The Morgan fingerprint density at radius 3 is 2.54 bits per heavy atom. The first-order valence-electron chi connectivity index (χ1n) is 13.3. The van der Waals surface area contributed by atoms with Crippen LogP contribution in [0.1, 0.15) is 50.4 Å². The van der Waals surface area contributed by atoms with Gasteiger partial charge in [-0.25, -0.2) is 8.42 Å². The number of halogens is 1. The molecule has 2 aromatic carbocycles. The normalized spacial score (nSPS) is 22.4. The number of amides is 1. The molecule has 2 aromatic rings. The van der Waals surface area contributed by atoms with Crippen molar-refractivity contribution in [2.45, 2.75) is 63.2 Å². The van der Waals surface area contributed by atoms with Gasteiger partial charge in [-0.05, 0) is 82.6 Å². The van der Waals surface area contributed by atoms with Gasteiger partial charge in [0, 0.05) is 36.3 Å². The summed E-state index contributed by atoms with van der Waals surface area (Å²) in [6.45, 7) is 7.09. The van der Waals surface area contributed by atoms with E-state index in [9.17, 15) is 18.3 Å². The van der Waals surface area contributed by atoms with Gasteiger partial charge in [0.1, 0.15) is 5.75 Å². The Hall–Kier alpha value is -2.37. The van der Waals surface area contributed by atoms with Gasteiger partial charge in [0.15, 0.2) is 0 Å². The summed E-state index contributed by atoms with van der Waals surface area (Å²) < 4.78 is 41.0. The molecule has 11 heteroatoms. The summed E-state index contributed by atoms with van der Waals surface area (Å²) in [6.07, 6.45) is 2.26. The van der Waals surface area contributed by atoms with Crippen molar-refractivity contribution in [3.05, 3.63) is 53.1 Å². The lowest BCUT2D eigenvalue weighted by molar-refractivity contribution is -0.000450. The molecule has 1 heterocycles. The number of nitrogens with one attached hydrogen (secondary N) is 2. The van der Waals surface area contributed by atoms with Crippen molar-refractivity contribution in [2.24, 2.45) is 5.92 Å². The first-order valence-corrected chi connectivity index (χ1v) is 15.2. The second-order valence-corrected chi connectivity index (χ2v) is 12.2. The number of likely N-dealkylation sites (N-methyl/N-ethyl adjacent to an activating group) is 1. The maximum absolute atomic E-state index is 14.0. The van der Waals surface area contributed by atoms with E-state index in [0.29, 0.717) is 30.5 Å². The fraction of sp³-hybridized carbons (Fsp3) is 0.536. The van der Waals surface area contributed by atoms with Gasteiger partial charge in [0.25, 0.3) is 15.9 Å². The Morgan fingerprint density at radius 2 is 1.87 bits per heavy atom. The molecule has 0 aliphatic carbocycles. The Labute approximate surface area is 236 Å². The fourth-order valence-electron chi connectivity index (χ4n) is 4.51. The van der Waals surface area contributed by atoms with E-state index >= 15 is 0 Å². The third-order valence-corrected chi connectivity index (χ3v) is 8.48. The maximum atomic E-state index is 14.0. The molecule has 1 amide bonds. The summed E-state index contributed by atoms with van der Waals surface area (Å²) in [5.74, 6) is -0.0311. The fourth-order valence-corrected chi connectivity index (χ4v) is 5.68. The molecule has 0 bridgehead atoms. The van der Waals surface area contributed by atoms with E-state index in [-0.39, 0.29) is 46.8 Å². The second kappa shape index (κ2) is 14.3. The Balaban J connectivity index is 2.02. The highest BCUT2D eigenvalue weighted by atomic mass is 35.5.